The molecule has 0 aliphatic carbocycles. The van der Waals surface area contributed by atoms with Crippen LogP contribution in [0.3, 0.4) is 0 Å². The lowest BCUT2D eigenvalue weighted by atomic mass is 10.1. The van der Waals surface area contributed by atoms with Crippen LogP contribution >= 0.6 is 0 Å². The number of benzene rings is 2. The molecule has 7 heteroatoms. The predicted molar refractivity (Wildman–Crippen MR) is 84.7 cm³/mol. The van der Waals surface area contributed by atoms with Crippen LogP contribution in [-0.4, -0.2) is 19.2 Å². The molecule has 0 radical (unpaired) electrons. The molecule has 0 aliphatic heterocycles. The summed E-state index contributed by atoms with van der Waals surface area (Å²) in [6.45, 7) is 2.67. The molecule has 2 rings (SSSR count). The fourth-order valence-electron chi connectivity index (χ4n) is 2.11. The average molecular weight is 338 g/mol. The fourth-order valence-corrected chi connectivity index (χ4v) is 2.11. The lowest BCUT2D eigenvalue weighted by molar-refractivity contribution is 0.252. The number of rotatable bonds is 6. The number of ether oxygens (including phenoxy) is 1. The first-order chi connectivity index (χ1) is 11.5. The third-order valence-corrected chi connectivity index (χ3v) is 3.24. The van der Waals surface area contributed by atoms with Gasteiger partial charge in [-0.15, -0.1) is 0 Å². The van der Waals surface area contributed by atoms with Gasteiger partial charge in [0.15, 0.2) is 17.5 Å². The minimum atomic E-state index is -1.63. The Kier molecular flexibility index (Phi) is 6.06. The zero-order valence-corrected chi connectivity index (χ0v) is 13.0. The lowest BCUT2D eigenvalue weighted by Gasteiger charge is -2.11. The van der Waals surface area contributed by atoms with Crippen molar-refractivity contribution in [3.8, 4) is 5.75 Å². The maximum absolute atomic E-state index is 13.5. The average Bonchev–Trinajstić information content (AvgIpc) is 2.57. The summed E-state index contributed by atoms with van der Waals surface area (Å²) in [6, 6.07) is 8.39. The normalized spacial score (nSPS) is 10.3. The highest BCUT2D eigenvalue weighted by Gasteiger charge is 2.15. The maximum Gasteiger partial charge on any atom is 0.319 e. The molecule has 128 valence electrons. The molecule has 2 aromatic rings. The van der Waals surface area contributed by atoms with Gasteiger partial charge in [-0.25, -0.2) is 18.0 Å². The van der Waals surface area contributed by atoms with Gasteiger partial charge in [-0.05, 0) is 37.1 Å². The van der Waals surface area contributed by atoms with Crippen LogP contribution in [0.4, 0.5) is 23.7 Å². The van der Waals surface area contributed by atoms with Gasteiger partial charge in [-0.3, -0.25) is 0 Å². The van der Waals surface area contributed by atoms with E-state index in [-0.39, 0.29) is 6.54 Å². The molecule has 4 nitrogen and oxygen atoms in total. The highest BCUT2D eigenvalue weighted by atomic mass is 19.2. The fraction of sp³-hybridized carbons (Fsp3) is 0.235. The van der Waals surface area contributed by atoms with Crippen molar-refractivity contribution in [2.75, 3.05) is 18.5 Å². The van der Waals surface area contributed by atoms with Crippen LogP contribution in [0.1, 0.15) is 12.5 Å². The van der Waals surface area contributed by atoms with E-state index in [9.17, 15) is 18.0 Å². The van der Waals surface area contributed by atoms with E-state index < -0.39 is 29.2 Å². The number of carbonyl (C=O) groups is 1. The molecule has 0 unspecified atom stereocenters. The number of carbonyl (C=O) groups excluding carboxylic acids is 1. The standard InChI is InChI=1S/C17H17F3N2O2/c1-2-24-14-6-4-3-5-11(14)9-10-21-17(23)22-13-8-7-12(18)15(19)16(13)20/h3-8H,2,9-10H2,1H3,(H2,21,22,23). The molecule has 0 saturated carbocycles. The van der Waals surface area contributed by atoms with Gasteiger partial charge in [-0.1, -0.05) is 18.2 Å². The van der Waals surface area contributed by atoms with Crippen LogP contribution in [0.2, 0.25) is 0 Å². The van der Waals surface area contributed by atoms with E-state index in [0.29, 0.717) is 13.0 Å². The largest absolute Gasteiger partial charge is 0.494 e. The Morgan fingerprint density at radius 1 is 1.08 bits per heavy atom. The number of amides is 2. The third-order valence-electron chi connectivity index (χ3n) is 3.24. The van der Waals surface area contributed by atoms with Crippen LogP contribution in [0.15, 0.2) is 36.4 Å². The van der Waals surface area contributed by atoms with Crippen molar-refractivity contribution in [1.82, 2.24) is 5.32 Å². The summed E-state index contributed by atoms with van der Waals surface area (Å²) in [5.74, 6) is -3.65. The first-order valence-corrected chi connectivity index (χ1v) is 7.42. The molecule has 0 spiro atoms. The summed E-state index contributed by atoms with van der Waals surface area (Å²) in [5.41, 5.74) is 0.486. The van der Waals surface area contributed by atoms with E-state index in [1.165, 1.54) is 0 Å². The molecule has 2 aromatic carbocycles. The van der Waals surface area contributed by atoms with Crippen LogP contribution < -0.4 is 15.4 Å². The minimum absolute atomic E-state index is 0.265. The van der Waals surface area contributed by atoms with E-state index in [4.69, 9.17) is 4.74 Å². The summed E-state index contributed by atoms with van der Waals surface area (Å²) >= 11 is 0. The van der Waals surface area contributed by atoms with E-state index in [2.05, 4.69) is 10.6 Å². The second-order valence-electron chi connectivity index (χ2n) is 4.89. The van der Waals surface area contributed by atoms with E-state index in [1.54, 1.807) is 0 Å². The van der Waals surface area contributed by atoms with Gasteiger partial charge >= 0.3 is 6.03 Å². The Morgan fingerprint density at radius 3 is 2.58 bits per heavy atom. The Balaban J connectivity index is 1.89. The number of hydrogen-bond acceptors (Lipinski definition) is 2. The summed E-state index contributed by atoms with van der Waals surface area (Å²) in [6.07, 6.45) is 0.504. The number of urea groups is 1. The molecule has 0 atom stereocenters. The van der Waals surface area contributed by atoms with Crippen LogP contribution in [0, 0.1) is 17.5 Å². The zero-order chi connectivity index (χ0) is 17.5. The molecular formula is C17H17F3N2O2. The van der Waals surface area contributed by atoms with E-state index in [0.717, 1.165) is 23.4 Å². The molecule has 0 aromatic heterocycles. The summed E-state index contributed by atoms with van der Waals surface area (Å²) < 4.78 is 44.9. The second kappa shape index (κ2) is 8.24. The van der Waals surface area contributed by atoms with Crippen molar-refractivity contribution in [2.24, 2.45) is 0 Å². The van der Waals surface area contributed by atoms with Crippen molar-refractivity contribution in [1.29, 1.82) is 0 Å². The first-order valence-electron chi connectivity index (χ1n) is 7.42. The molecule has 2 amide bonds. The van der Waals surface area contributed by atoms with Crippen molar-refractivity contribution in [3.05, 3.63) is 59.4 Å². The SMILES string of the molecule is CCOc1ccccc1CCNC(=O)Nc1ccc(F)c(F)c1F. The van der Waals surface area contributed by atoms with Gasteiger partial charge in [0.25, 0.3) is 0 Å². The van der Waals surface area contributed by atoms with Gasteiger partial charge in [0.05, 0.1) is 12.3 Å². The van der Waals surface area contributed by atoms with Crippen molar-refractivity contribution in [3.63, 3.8) is 0 Å². The number of anilines is 1. The Hall–Kier alpha value is -2.70. The quantitative estimate of drug-likeness (QED) is 0.786. The second-order valence-corrected chi connectivity index (χ2v) is 4.89. The highest BCUT2D eigenvalue weighted by Crippen LogP contribution is 2.20. The summed E-state index contributed by atoms with van der Waals surface area (Å²) in [7, 11) is 0. The summed E-state index contributed by atoms with van der Waals surface area (Å²) in [4.78, 5) is 11.7. The van der Waals surface area contributed by atoms with Gasteiger partial charge in [0.1, 0.15) is 5.75 Å². The Bertz CT molecular complexity index is 723. The molecule has 24 heavy (non-hydrogen) atoms. The Labute approximate surface area is 137 Å². The van der Waals surface area contributed by atoms with Crippen LogP contribution in [-0.2, 0) is 6.42 Å². The van der Waals surface area contributed by atoms with Crippen molar-refractivity contribution >= 4 is 11.7 Å². The molecule has 0 aliphatic rings. The molecule has 0 bridgehead atoms. The first kappa shape index (κ1) is 17.7. The topological polar surface area (TPSA) is 50.4 Å². The Morgan fingerprint density at radius 2 is 1.83 bits per heavy atom. The van der Waals surface area contributed by atoms with Crippen molar-refractivity contribution < 1.29 is 22.7 Å². The summed E-state index contributed by atoms with van der Waals surface area (Å²) in [5, 5.41) is 4.66. The predicted octanol–water partition coefficient (Wildman–Crippen LogP) is 3.87. The monoisotopic (exact) mass is 338 g/mol. The van der Waals surface area contributed by atoms with Gasteiger partial charge in [-0.2, -0.15) is 0 Å². The minimum Gasteiger partial charge on any atom is -0.494 e. The van der Waals surface area contributed by atoms with Gasteiger partial charge in [0, 0.05) is 6.54 Å². The smallest absolute Gasteiger partial charge is 0.319 e. The number of para-hydroxylation sites is 1. The molecule has 0 fully saturated rings. The van der Waals surface area contributed by atoms with Gasteiger partial charge < -0.3 is 15.4 Å². The highest BCUT2D eigenvalue weighted by molar-refractivity contribution is 5.89. The van der Waals surface area contributed by atoms with Crippen LogP contribution in [0.25, 0.3) is 0 Å². The number of halogens is 3. The van der Waals surface area contributed by atoms with Crippen molar-refractivity contribution in [2.45, 2.75) is 13.3 Å². The maximum atomic E-state index is 13.5. The molecular weight excluding hydrogens is 321 g/mol. The molecule has 2 N–H and O–H groups in total. The van der Waals surface area contributed by atoms with Crippen LogP contribution in [0.5, 0.6) is 5.75 Å². The van der Waals surface area contributed by atoms with Gasteiger partial charge in [0.2, 0.25) is 0 Å². The molecule has 0 heterocycles. The molecule has 0 saturated heterocycles. The van der Waals surface area contributed by atoms with E-state index in [1.807, 2.05) is 31.2 Å². The zero-order valence-electron chi connectivity index (χ0n) is 13.0. The lowest BCUT2D eigenvalue weighted by Crippen LogP contribution is -2.31. The third kappa shape index (κ3) is 4.41. The number of nitrogens with one attached hydrogen (secondary N) is 2. The van der Waals surface area contributed by atoms with E-state index >= 15 is 0 Å². The number of hydrogen-bond donors (Lipinski definition) is 2.